The van der Waals surface area contributed by atoms with Gasteiger partial charge in [-0.3, -0.25) is 4.79 Å². The molecule has 1 amide bonds. The summed E-state index contributed by atoms with van der Waals surface area (Å²) in [5.74, 6) is 0.201. The minimum absolute atomic E-state index is 0.125. The first-order valence-electron chi connectivity index (χ1n) is 8.56. The summed E-state index contributed by atoms with van der Waals surface area (Å²) in [6.45, 7) is 3.36. The Kier molecular flexibility index (Phi) is 4.47. The smallest absolute Gasteiger partial charge is 0.228 e. The summed E-state index contributed by atoms with van der Waals surface area (Å²) in [5, 5.41) is 0. The van der Waals surface area contributed by atoms with Crippen LogP contribution in [0.4, 0.5) is 0 Å². The number of hydrogen-bond acceptors (Lipinski definition) is 4. The lowest BCUT2D eigenvalue weighted by Crippen LogP contribution is -2.43. The van der Waals surface area contributed by atoms with Crippen LogP contribution in [0, 0.1) is 5.41 Å². The number of carbonyl (C=O) groups is 1. The number of sulfone groups is 1. The Morgan fingerprint density at radius 2 is 1.92 bits per heavy atom. The van der Waals surface area contributed by atoms with Crippen molar-refractivity contribution in [2.45, 2.75) is 50.0 Å². The standard InChI is InChI=1S/C18H26N2O3S/c1-18(8-5-15(19)12-18)17(21)20-9-6-13-3-4-16(24(2,22)23)11-14(13)7-10-20/h3-4,11,15H,5-10,12,19H2,1-2H3/t15-,18-/m0/s1. The van der Waals surface area contributed by atoms with E-state index in [4.69, 9.17) is 5.73 Å². The van der Waals surface area contributed by atoms with Crippen LogP contribution >= 0.6 is 0 Å². The molecule has 132 valence electrons. The minimum Gasteiger partial charge on any atom is -0.342 e. The molecule has 0 saturated heterocycles. The number of nitrogens with two attached hydrogens (primary N) is 1. The van der Waals surface area contributed by atoms with E-state index in [0.29, 0.717) is 24.4 Å². The molecule has 0 bridgehead atoms. The summed E-state index contributed by atoms with van der Waals surface area (Å²) >= 11 is 0. The molecule has 6 heteroatoms. The molecule has 0 spiro atoms. The van der Waals surface area contributed by atoms with E-state index in [1.807, 2.05) is 17.9 Å². The number of fused-ring (bicyclic) bond motifs is 1. The van der Waals surface area contributed by atoms with Crippen molar-refractivity contribution in [3.05, 3.63) is 29.3 Å². The predicted molar refractivity (Wildman–Crippen MR) is 93.5 cm³/mol. The van der Waals surface area contributed by atoms with E-state index in [9.17, 15) is 13.2 Å². The van der Waals surface area contributed by atoms with Gasteiger partial charge in [0.1, 0.15) is 0 Å². The van der Waals surface area contributed by atoms with Crippen LogP contribution in [-0.2, 0) is 27.5 Å². The van der Waals surface area contributed by atoms with E-state index < -0.39 is 9.84 Å². The van der Waals surface area contributed by atoms with Crippen LogP contribution < -0.4 is 5.73 Å². The maximum absolute atomic E-state index is 13.0. The van der Waals surface area contributed by atoms with Crippen LogP contribution in [0.5, 0.6) is 0 Å². The molecule has 24 heavy (non-hydrogen) atoms. The summed E-state index contributed by atoms with van der Waals surface area (Å²) in [5.41, 5.74) is 7.86. The van der Waals surface area contributed by atoms with E-state index in [1.54, 1.807) is 12.1 Å². The molecule has 1 aliphatic carbocycles. The van der Waals surface area contributed by atoms with Gasteiger partial charge in [0.15, 0.2) is 9.84 Å². The van der Waals surface area contributed by atoms with Gasteiger partial charge in [0.05, 0.1) is 4.90 Å². The second-order valence-corrected chi connectivity index (χ2v) is 9.57. The molecule has 2 atom stereocenters. The first-order valence-corrected chi connectivity index (χ1v) is 10.4. The second kappa shape index (κ2) is 6.15. The van der Waals surface area contributed by atoms with Gasteiger partial charge < -0.3 is 10.6 Å². The minimum atomic E-state index is -3.20. The van der Waals surface area contributed by atoms with Crippen LogP contribution in [0.3, 0.4) is 0 Å². The van der Waals surface area contributed by atoms with Gasteiger partial charge in [0, 0.05) is 30.8 Å². The second-order valence-electron chi connectivity index (χ2n) is 7.56. The number of rotatable bonds is 2. The average Bonchev–Trinajstić information content (AvgIpc) is 2.75. The van der Waals surface area contributed by atoms with Gasteiger partial charge in [0.2, 0.25) is 5.91 Å². The molecular weight excluding hydrogens is 324 g/mol. The van der Waals surface area contributed by atoms with Gasteiger partial charge in [-0.1, -0.05) is 13.0 Å². The van der Waals surface area contributed by atoms with Crippen molar-refractivity contribution in [3.8, 4) is 0 Å². The number of hydrogen-bond donors (Lipinski definition) is 1. The van der Waals surface area contributed by atoms with Crippen molar-refractivity contribution in [2.24, 2.45) is 11.1 Å². The molecule has 1 heterocycles. The number of benzene rings is 1. The lowest BCUT2D eigenvalue weighted by atomic mass is 9.86. The Morgan fingerprint density at radius 3 is 2.50 bits per heavy atom. The molecule has 2 N–H and O–H groups in total. The molecule has 1 fully saturated rings. The predicted octanol–water partition coefficient (Wildman–Crippen LogP) is 1.53. The monoisotopic (exact) mass is 350 g/mol. The Labute approximate surface area is 144 Å². The Morgan fingerprint density at radius 1 is 1.25 bits per heavy atom. The van der Waals surface area contributed by atoms with Crippen LogP contribution in [0.1, 0.15) is 37.3 Å². The van der Waals surface area contributed by atoms with Crippen molar-refractivity contribution >= 4 is 15.7 Å². The fourth-order valence-electron chi connectivity index (χ4n) is 4.00. The molecule has 3 rings (SSSR count). The molecule has 2 aliphatic rings. The van der Waals surface area contributed by atoms with Crippen LogP contribution in [-0.4, -0.2) is 44.6 Å². The molecule has 1 aromatic carbocycles. The molecular formula is C18H26N2O3S. The lowest BCUT2D eigenvalue weighted by molar-refractivity contribution is -0.140. The van der Waals surface area contributed by atoms with Gasteiger partial charge in [0.25, 0.3) is 0 Å². The van der Waals surface area contributed by atoms with Crippen molar-refractivity contribution in [1.82, 2.24) is 4.90 Å². The molecule has 0 aromatic heterocycles. The zero-order valence-corrected chi connectivity index (χ0v) is 15.2. The first kappa shape index (κ1) is 17.4. The Bertz CT molecular complexity index is 760. The zero-order chi connectivity index (χ0) is 17.5. The molecule has 1 aromatic rings. The highest BCUT2D eigenvalue weighted by molar-refractivity contribution is 7.90. The first-order chi connectivity index (χ1) is 11.2. The summed E-state index contributed by atoms with van der Waals surface area (Å²) in [4.78, 5) is 15.3. The fraction of sp³-hybridized carbons (Fsp3) is 0.611. The third kappa shape index (κ3) is 3.35. The van der Waals surface area contributed by atoms with Crippen LogP contribution in [0.25, 0.3) is 0 Å². The summed E-state index contributed by atoms with van der Waals surface area (Å²) in [6.07, 6.45) is 5.22. The summed E-state index contributed by atoms with van der Waals surface area (Å²) in [6, 6.07) is 5.46. The van der Waals surface area contributed by atoms with Gasteiger partial charge in [-0.15, -0.1) is 0 Å². The van der Waals surface area contributed by atoms with E-state index in [-0.39, 0.29) is 17.4 Å². The zero-order valence-electron chi connectivity index (χ0n) is 14.4. The number of carbonyl (C=O) groups excluding carboxylic acids is 1. The quantitative estimate of drug-likeness (QED) is 0.877. The van der Waals surface area contributed by atoms with Gasteiger partial charge in [-0.25, -0.2) is 8.42 Å². The molecule has 1 saturated carbocycles. The summed E-state index contributed by atoms with van der Waals surface area (Å²) in [7, 11) is -3.20. The molecule has 1 aliphatic heterocycles. The Balaban J connectivity index is 1.77. The maximum Gasteiger partial charge on any atom is 0.228 e. The Hall–Kier alpha value is -1.40. The average molecular weight is 350 g/mol. The summed E-state index contributed by atoms with van der Waals surface area (Å²) < 4.78 is 23.5. The highest BCUT2D eigenvalue weighted by Gasteiger charge is 2.42. The SMILES string of the molecule is C[C@]1(C(=O)N2CCc3ccc(S(C)(=O)=O)cc3CC2)CC[C@H](N)C1. The van der Waals surface area contributed by atoms with Crippen LogP contribution in [0.15, 0.2) is 23.1 Å². The van der Waals surface area contributed by atoms with Crippen LogP contribution in [0.2, 0.25) is 0 Å². The topological polar surface area (TPSA) is 80.5 Å². The fourth-order valence-corrected chi connectivity index (χ4v) is 4.67. The van der Waals surface area contributed by atoms with Gasteiger partial charge in [-0.2, -0.15) is 0 Å². The van der Waals surface area contributed by atoms with E-state index in [2.05, 4.69) is 0 Å². The third-order valence-corrected chi connectivity index (χ3v) is 6.60. The molecule has 0 unspecified atom stereocenters. The maximum atomic E-state index is 13.0. The van der Waals surface area contributed by atoms with Gasteiger partial charge in [-0.05, 0) is 55.4 Å². The molecule has 0 radical (unpaired) electrons. The number of nitrogens with zero attached hydrogens (tertiary/aromatic N) is 1. The molecule has 5 nitrogen and oxygen atoms in total. The van der Waals surface area contributed by atoms with Crippen molar-refractivity contribution in [2.75, 3.05) is 19.3 Å². The highest BCUT2D eigenvalue weighted by Crippen LogP contribution is 2.39. The van der Waals surface area contributed by atoms with E-state index in [1.165, 1.54) is 6.26 Å². The lowest BCUT2D eigenvalue weighted by Gasteiger charge is -2.31. The normalized spacial score (nSPS) is 27.6. The van der Waals surface area contributed by atoms with E-state index >= 15 is 0 Å². The third-order valence-electron chi connectivity index (χ3n) is 5.49. The largest absolute Gasteiger partial charge is 0.342 e. The van der Waals surface area contributed by atoms with Crippen molar-refractivity contribution in [1.29, 1.82) is 0 Å². The van der Waals surface area contributed by atoms with Gasteiger partial charge >= 0.3 is 0 Å². The highest BCUT2D eigenvalue weighted by atomic mass is 32.2. The van der Waals surface area contributed by atoms with E-state index in [0.717, 1.165) is 36.8 Å². The van der Waals surface area contributed by atoms with Crippen molar-refractivity contribution < 1.29 is 13.2 Å². The number of amides is 1. The van der Waals surface area contributed by atoms with Crippen molar-refractivity contribution in [3.63, 3.8) is 0 Å².